The minimum Gasteiger partial charge on any atom is -0.508 e. The maximum Gasteiger partial charge on any atom is 0.293 e. The molecule has 2 aromatic heterocycles. The number of carbonyl (C=O) groups excluding carboxylic acids is 5. The highest BCUT2D eigenvalue weighted by Gasteiger charge is 2.52. The number of nitrogens with one attached hydrogen (secondary N) is 2. The summed E-state index contributed by atoms with van der Waals surface area (Å²) in [5.41, 5.74) is 9.14. The van der Waals surface area contributed by atoms with Crippen LogP contribution in [0.15, 0.2) is 66.9 Å². The summed E-state index contributed by atoms with van der Waals surface area (Å²) in [4.78, 5) is 78.4. The van der Waals surface area contributed by atoms with Gasteiger partial charge in [0.15, 0.2) is 0 Å². The minimum atomic E-state index is -1.02. The van der Waals surface area contributed by atoms with Crippen molar-refractivity contribution in [2.75, 3.05) is 67.1 Å². The van der Waals surface area contributed by atoms with E-state index in [4.69, 9.17) is 14.5 Å². The third-order valence-corrected chi connectivity index (χ3v) is 14.8. The first-order valence-corrected chi connectivity index (χ1v) is 25.7. The number of benzene rings is 2. The van der Waals surface area contributed by atoms with E-state index in [-0.39, 0.29) is 48.5 Å². The smallest absolute Gasteiger partial charge is 0.293 e. The number of aromatic hydroxyl groups is 1. The Bertz CT molecular complexity index is 2630. The Morgan fingerprint density at radius 1 is 1.00 bits per heavy atom. The first kappa shape index (κ1) is 53.7. The quantitative estimate of drug-likeness (QED) is 0.0636. The summed E-state index contributed by atoms with van der Waals surface area (Å²) in [6.07, 6.45) is 8.95. The molecule has 3 aliphatic heterocycles. The summed E-state index contributed by atoms with van der Waals surface area (Å²) in [6, 6.07) is 13.7. The molecule has 5 heterocycles. The average Bonchev–Trinajstić information content (AvgIpc) is 3.83. The number of pyridine rings is 1. The molecule has 4 aromatic rings. The molecule has 3 aliphatic rings. The van der Waals surface area contributed by atoms with Crippen molar-refractivity contribution in [3.63, 3.8) is 0 Å². The largest absolute Gasteiger partial charge is 0.508 e. The Morgan fingerprint density at radius 2 is 1.75 bits per heavy atom. The van der Waals surface area contributed by atoms with Crippen LogP contribution in [0.2, 0.25) is 0 Å². The second-order valence-electron chi connectivity index (χ2n) is 21.3. The number of fused-ring (bicyclic) bond motifs is 1. The maximum atomic E-state index is 14.7. The van der Waals surface area contributed by atoms with E-state index in [1.807, 2.05) is 64.0 Å². The number of amides is 4. The second kappa shape index (κ2) is 23.2. The number of hydrogen-bond donors (Lipinski definition) is 3. The molecule has 4 amide bonds. The van der Waals surface area contributed by atoms with E-state index >= 15 is 0 Å². The van der Waals surface area contributed by atoms with Gasteiger partial charge in [-0.2, -0.15) is 0 Å². The van der Waals surface area contributed by atoms with Crippen LogP contribution in [-0.2, 0) is 52.8 Å². The number of aromatic nitrogens is 2. The Hall–Kier alpha value is -6.10. The lowest BCUT2D eigenvalue weighted by molar-refractivity contribution is -0.148. The summed E-state index contributed by atoms with van der Waals surface area (Å²) < 4.78 is 13.4. The molecule has 3 unspecified atom stereocenters. The number of phenolic OH excluding ortho intramolecular Hbond substituents is 1. The Balaban J connectivity index is 1.20. The summed E-state index contributed by atoms with van der Waals surface area (Å²) in [5.74, 6) is -1.09. The van der Waals surface area contributed by atoms with Gasteiger partial charge in [-0.25, -0.2) is 5.43 Å². The number of aryl methyl sites for hydroxylation is 1. The number of piperidine rings is 1. The van der Waals surface area contributed by atoms with Crippen LogP contribution >= 0.6 is 0 Å². The van der Waals surface area contributed by atoms with Crippen molar-refractivity contribution in [1.29, 1.82) is 0 Å². The second-order valence-corrected chi connectivity index (χ2v) is 21.3. The Morgan fingerprint density at radius 3 is 2.42 bits per heavy atom. The molecule has 2 aromatic carbocycles. The van der Waals surface area contributed by atoms with Gasteiger partial charge in [-0.1, -0.05) is 45.9 Å². The fraction of sp³-hybridized carbons (Fsp3) is 0.536. The Labute approximate surface area is 425 Å². The molecular weight excluding hydrogens is 913 g/mol. The number of methoxy groups -OCH3 is 1. The fourth-order valence-electron chi connectivity index (χ4n) is 11.0. The molecule has 7 rings (SSSR count). The van der Waals surface area contributed by atoms with Gasteiger partial charge in [0, 0.05) is 93.5 Å². The van der Waals surface area contributed by atoms with Crippen molar-refractivity contribution in [2.24, 2.45) is 16.7 Å². The summed E-state index contributed by atoms with van der Waals surface area (Å²) in [6.45, 7) is 16.5. The summed E-state index contributed by atoms with van der Waals surface area (Å²) in [5, 5.41) is 17.1. The van der Waals surface area contributed by atoms with E-state index in [0.717, 1.165) is 57.4 Å². The molecule has 3 atom stereocenters. The van der Waals surface area contributed by atoms with Crippen molar-refractivity contribution in [2.45, 2.75) is 111 Å². The molecule has 16 heteroatoms. The number of likely N-dealkylation sites (tertiary alicyclic amines) is 2. The zero-order valence-corrected chi connectivity index (χ0v) is 43.8. The van der Waals surface area contributed by atoms with Crippen LogP contribution in [0.1, 0.15) is 96.6 Å². The van der Waals surface area contributed by atoms with E-state index in [9.17, 15) is 29.1 Å². The molecule has 0 bridgehead atoms. The van der Waals surface area contributed by atoms with Crippen LogP contribution in [0.5, 0.6) is 5.75 Å². The summed E-state index contributed by atoms with van der Waals surface area (Å²) >= 11 is 0. The number of phenols is 1. The first-order chi connectivity index (χ1) is 34.4. The molecule has 72 heavy (non-hydrogen) atoms. The Kier molecular flexibility index (Phi) is 17.3. The van der Waals surface area contributed by atoms with Gasteiger partial charge in [-0.05, 0) is 131 Å². The highest BCUT2D eigenvalue weighted by atomic mass is 16.5. The van der Waals surface area contributed by atoms with Gasteiger partial charge in [0.05, 0.1) is 29.5 Å². The third-order valence-electron chi connectivity index (χ3n) is 14.8. The molecule has 388 valence electrons. The minimum absolute atomic E-state index is 0.00862. The average molecular weight is 989 g/mol. The zero-order chi connectivity index (χ0) is 51.9. The molecule has 16 nitrogen and oxygen atoms in total. The summed E-state index contributed by atoms with van der Waals surface area (Å²) in [7, 11) is 5.56. The van der Waals surface area contributed by atoms with Gasteiger partial charge in [0.25, 0.3) is 12.4 Å². The van der Waals surface area contributed by atoms with Crippen molar-refractivity contribution in [3.8, 4) is 28.1 Å². The van der Waals surface area contributed by atoms with Crippen LogP contribution < -0.4 is 10.7 Å². The SMILES string of the molecule is CCn1c(-c2cccnc2C(C)OC)c(CC(C)(C)COC=O)c2cc(-c3cc(O)cc(CC(NC(=O)C(C(C)C)N4CCC5(CCN(C(=O)/C=C/CN(C)C)CC5)C4=O)C(=O)N4CCCCN4)c3)ccc21. The lowest BCUT2D eigenvalue weighted by Gasteiger charge is -2.39. The fourth-order valence-corrected chi connectivity index (χ4v) is 11.0. The van der Waals surface area contributed by atoms with Gasteiger partial charge in [-0.3, -0.25) is 34.0 Å². The lowest BCUT2D eigenvalue weighted by atomic mass is 9.77. The highest BCUT2D eigenvalue weighted by Crippen LogP contribution is 2.44. The molecule has 3 fully saturated rings. The monoisotopic (exact) mass is 989 g/mol. The van der Waals surface area contributed by atoms with E-state index in [0.29, 0.717) is 83.5 Å². The molecule has 3 N–H and O–H groups in total. The molecule has 0 aliphatic carbocycles. The third kappa shape index (κ3) is 11.9. The topological polar surface area (TPSA) is 179 Å². The van der Waals surface area contributed by atoms with E-state index in [1.165, 1.54) is 0 Å². The van der Waals surface area contributed by atoms with Gasteiger partial charge >= 0.3 is 0 Å². The van der Waals surface area contributed by atoms with Gasteiger partial charge in [0.1, 0.15) is 17.8 Å². The number of likely N-dealkylation sites (N-methyl/N-ethyl adjacent to an activating group) is 1. The first-order valence-electron chi connectivity index (χ1n) is 25.7. The van der Waals surface area contributed by atoms with Crippen molar-refractivity contribution >= 4 is 41.0 Å². The van der Waals surface area contributed by atoms with Crippen LogP contribution in [0.25, 0.3) is 33.3 Å². The van der Waals surface area contributed by atoms with Crippen LogP contribution in [-0.4, -0.2) is 144 Å². The van der Waals surface area contributed by atoms with Crippen LogP contribution in [0.4, 0.5) is 0 Å². The number of hydrogen-bond acceptors (Lipinski definition) is 11. The highest BCUT2D eigenvalue weighted by molar-refractivity contribution is 5.96. The van der Waals surface area contributed by atoms with Crippen LogP contribution in [0, 0.1) is 16.7 Å². The number of nitrogens with zero attached hydrogens (tertiary/aromatic N) is 6. The predicted molar refractivity (Wildman–Crippen MR) is 278 cm³/mol. The lowest BCUT2D eigenvalue weighted by Crippen LogP contribution is -2.60. The molecule has 0 saturated carbocycles. The molecule has 1 spiro atoms. The van der Waals surface area contributed by atoms with E-state index in [2.05, 4.69) is 54.3 Å². The number of rotatable bonds is 20. The maximum absolute atomic E-state index is 14.7. The van der Waals surface area contributed by atoms with Crippen molar-refractivity contribution in [1.82, 2.24) is 40.0 Å². The number of ether oxygens (including phenoxy) is 2. The molecule has 0 radical (unpaired) electrons. The van der Waals surface area contributed by atoms with E-state index in [1.54, 1.807) is 46.3 Å². The van der Waals surface area contributed by atoms with Crippen molar-refractivity contribution in [3.05, 3.63) is 83.7 Å². The zero-order valence-electron chi connectivity index (χ0n) is 43.8. The number of carbonyl (C=O) groups is 5. The predicted octanol–water partition coefficient (Wildman–Crippen LogP) is 6.68. The normalized spacial score (nSPS) is 17.6. The van der Waals surface area contributed by atoms with Gasteiger partial charge in [0.2, 0.25) is 17.7 Å². The van der Waals surface area contributed by atoms with Gasteiger partial charge in [-0.15, -0.1) is 0 Å². The van der Waals surface area contributed by atoms with E-state index < -0.39 is 28.8 Å². The van der Waals surface area contributed by atoms with Crippen molar-refractivity contribution < 1.29 is 38.6 Å². The van der Waals surface area contributed by atoms with Gasteiger partial charge < -0.3 is 39.2 Å². The molecule has 3 saturated heterocycles. The standard InChI is InChI=1S/C56H76N8O8/c1-10-62-47-18-17-40(33-44(47)45(34-55(5,6)35-72-36-65)51(62)43-15-13-22-57-49(43)38(4)71-9)41-29-39(30-42(66)32-41)31-46(53(69)64-25-12-11-23-58-64)59-52(68)50(37(2)3)63-28-21-56(54(63)70)19-26-61(27-20-56)48(67)16-14-24-60(7)8/h13-18,22,29-30,32-33,36-38,46,50,58,66H,10-12,19-21,23-28,31,34-35H2,1-9H3,(H,59,68)/b16-14+. The number of hydrazine groups is 1. The van der Waals surface area contributed by atoms with Crippen LogP contribution in [0.3, 0.4) is 0 Å². The molecular formula is C56H76N8O8.